The standard InChI is InChI=1S/C12H16Cl2N2O/c1-7(2)15-6-10(17)16-12-9(13)5-4-8(3)11(12)14/h4-5,7,15H,6H2,1-3H3,(H,16,17). The third kappa shape index (κ3) is 4.19. The van der Waals surface area contributed by atoms with Crippen molar-refractivity contribution < 1.29 is 4.79 Å². The summed E-state index contributed by atoms with van der Waals surface area (Å²) in [6, 6.07) is 3.78. The number of carbonyl (C=O) groups excluding carboxylic acids is 1. The molecule has 5 heteroatoms. The Labute approximate surface area is 111 Å². The van der Waals surface area contributed by atoms with E-state index in [4.69, 9.17) is 23.2 Å². The highest BCUT2D eigenvalue weighted by Crippen LogP contribution is 2.32. The predicted molar refractivity (Wildman–Crippen MR) is 73.0 cm³/mol. The van der Waals surface area contributed by atoms with Gasteiger partial charge in [0.1, 0.15) is 0 Å². The average molecular weight is 275 g/mol. The zero-order chi connectivity index (χ0) is 13.0. The molecule has 0 aromatic heterocycles. The van der Waals surface area contributed by atoms with Gasteiger partial charge in [0.2, 0.25) is 5.91 Å². The van der Waals surface area contributed by atoms with Crippen LogP contribution in [0.5, 0.6) is 0 Å². The SMILES string of the molecule is Cc1ccc(Cl)c(NC(=O)CNC(C)C)c1Cl. The van der Waals surface area contributed by atoms with E-state index in [9.17, 15) is 4.79 Å². The first-order valence-electron chi connectivity index (χ1n) is 5.39. The molecule has 94 valence electrons. The van der Waals surface area contributed by atoms with Gasteiger partial charge in [-0.1, -0.05) is 43.1 Å². The van der Waals surface area contributed by atoms with Crippen molar-refractivity contribution in [1.29, 1.82) is 0 Å². The van der Waals surface area contributed by atoms with Crippen LogP contribution in [0.4, 0.5) is 5.69 Å². The maximum atomic E-state index is 11.6. The lowest BCUT2D eigenvalue weighted by atomic mass is 10.2. The summed E-state index contributed by atoms with van der Waals surface area (Å²) in [6.45, 7) is 6.04. The maximum Gasteiger partial charge on any atom is 0.238 e. The summed E-state index contributed by atoms with van der Waals surface area (Å²) in [5.41, 5.74) is 1.35. The fourth-order valence-electron chi connectivity index (χ4n) is 1.25. The second kappa shape index (κ2) is 6.24. The highest BCUT2D eigenvalue weighted by Gasteiger charge is 2.11. The van der Waals surface area contributed by atoms with Crippen LogP contribution < -0.4 is 10.6 Å². The molecule has 0 fully saturated rings. The molecule has 1 aromatic rings. The Hall–Kier alpha value is -0.770. The second-order valence-corrected chi connectivity index (χ2v) is 4.92. The Bertz CT molecular complexity index is 419. The minimum atomic E-state index is -0.159. The second-order valence-electron chi connectivity index (χ2n) is 4.14. The van der Waals surface area contributed by atoms with Crippen LogP contribution in [0.2, 0.25) is 10.0 Å². The number of carbonyl (C=O) groups is 1. The number of anilines is 1. The Morgan fingerprint density at radius 1 is 1.35 bits per heavy atom. The predicted octanol–water partition coefficient (Wildman–Crippen LogP) is 3.24. The molecule has 3 nitrogen and oxygen atoms in total. The van der Waals surface area contributed by atoms with Crippen molar-refractivity contribution in [3.8, 4) is 0 Å². The Morgan fingerprint density at radius 2 is 2.00 bits per heavy atom. The van der Waals surface area contributed by atoms with Gasteiger partial charge in [-0.05, 0) is 18.6 Å². The van der Waals surface area contributed by atoms with Gasteiger partial charge in [0, 0.05) is 6.04 Å². The Balaban J connectivity index is 2.74. The molecule has 0 unspecified atom stereocenters. The first-order chi connectivity index (χ1) is 7.91. The van der Waals surface area contributed by atoms with E-state index < -0.39 is 0 Å². The molecule has 0 saturated carbocycles. The van der Waals surface area contributed by atoms with E-state index in [0.717, 1.165) is 5.56 Å². The number of hydrogen-bond donors (Lipinski definition) is 2. The number of hydrogen-bond acceptors (Lipinski definition) is 2. The van der Waals surface area contributed by atoms with Crippen LogP contribution in [-0.4, -0.2) is 18.5 Å². The number of rotatable bonds is 4. The van der Waals surface area contributed by atoms with E-state index in [0.29, 0.717) is 15.7 Å². The number of halogens is 2. The monoisotopic (exact) mass is 274 g/mol. The third-order valence-corrected chi connectivity index (χ3v) is 3.02. The van der Waals surface area contributed by atoms with Crippen molar-refractivity contribution in [2.24, 2.45) is 0 Å². The van der Waals surface area contributed by atoms with E-state index in [2.05, 4.69) is 10.6 Å². The highest BCUT2D eigenvalue weighted by atomic mass is 35.5. The van der Waals surface area contributed by atoms with Crippen LogP contribution >= 0.6 is 23.2 Å². The normalized spacial score (nSPS) is 10.7. The third-order valence-electron chi connectivity index (χ3n) is 2.22. The van der Waals surface area contributed by atoms with Gasteiger partial charge in [0.25, 0.3) is 0 Å². The van der Waals surface area contributed by atoms with Crippen LogP contribution in [0.15, 0.2) is 12.1 Å². The van der Waals surface area contributed by atoms with E-state index >= 15 is 0 Å². The quantitative estimate of drug-likeness (QED) is 0.885. The summed E-state index contributed by atoms with van der Waals surface area (Å²) in [7, 11) is 0. The van der Waals surface area contributed by atoms with Gasteiger partial charge >= 0.3 is 0 Å². The van der Waals surface area contributed by atoms with Crippen LogP contribution in [0.3, 0.4) is 0 Å². The summed E-state index contributed by atoms with van der Waals surface area (Å²) in [5, 5.41) is 6.66. The van der Waals surface area contributed by atoms with E-state index in [1.54, 1.807) is 6.07 Å². The van der Waals surface area contributed by atoms with Crippen LogP contribution in [0.1, 0.15) is 19.4 Å². The zero-order valence-corrected chi connectivity index (χ0v) is 11.6. The lowest BCUT2D eigenvalue weighted by Gasteiger charge is -2.12. The van der Waals surface area contributed by atoms with Crippen molar-refractivity contribution in [3.05, 3.63) is 27.7 Å². The van der Waals surface area contributed by atoms with Crippen LogP contribution in [0, 0.1) is 6.92 Å². The van der Waals surface area contributed by atoms with Crippen molar-refractivity contribution in [2.75, 3.05) is 11.9 Å². The first kappa shape index (κ1) is 14.3. The van der Waals surface area contributed by atoms with Gasteiger partial charge in [0.15, 0.2) is 0 Å². The molecule has 0 radical (unpaired) electrons. The summed E-state index contributed by atoms with van der Waals surface area (Å²) < 4.78 is 0. The van der Waals surface area contributed by atoms with Crippen molar-refractivity contribution >= 4 is 34.8 Å². The van der Waals surface area contributed by atoms with Crippen molar-refractivity contribution in [1.82, 2.24) is 5.32 Å². The molecule has 0 atom stereocenters. The van der Waals surface area contributed by atoms with Crippen molar-refractivity contribution in [3.63, 3.8) is 0 Å². The molecule has 1 rings (SSSR count). The number of aryl methyl sites for hydroxylation is 1. The summed E-state index contributed by atoms with van der Waals surface area (Å²) in [6.07, 6.45) is 0. The lowest BCUT2D eigenvalue weighted by Crippen LogP contribution is -2.32. The minimum absolute atomic E-state index is 0.159. The molecule has 0 spiro atoms. The molecule has 0 bridgehead atoms. The maximum absolute atomic E-state index is 11.6. The van der Waals surface area contributed by atoms with Gasteiger partial charge in [-0.25, -0.2) is 0 Å². The molecule has 1 aromatic carbocycles. The van der Waals surface area contributed by atoms with Gasteiger partial charge in [-0.15, -0.1) is 0 Å². The van der Waals surface area contributed by atoms with E-state index in [-0.39, 0.29) is 18.5 Å². The Morgan fingerprint density at radius 3 is 2.59 bits per heavy atom. The van der Waals surface area contributed by atoms with Gasteiger partial charge in [-0.3, -0.25) is 4.79 Å². The molecule has 2 N–H and O–H groups in total. The largest absolute Gasteiger partial charge is 0.322 e. The van der Waals surface area contributed by atoms with E-state index in [1.807, 2.05) is 26.8 Å². The van der Waals surface area contributed by atoms with Gasteiger partial charge in [-0.2, -0.15) is 0 Å². The molecular formula is C12H16Cl2N2O. The van der Waals surface area contributed by atoms with Crippen LogP contribution in [0.25, 0.3) is 0 Å². The zero-order valence-electron chi connectivity index (χ0n) is 10.1. The Kier molecular flexibility index (Phi) is 5.25. The summed E-state index contributed by atoms with van der Waals surface area (Å²) >= 11 is 12.1. The molecule has 0 aliphatic heterocycles. The molecule has 1 amide bonds. The molecule has 0 saturated heterocycles. The molecule has 0 heterocycles. The number of nitrogens with one attached hydrogen (secondary N) is 2. The topological polar surface area (TPSA) is 41.1 Å². The average Bonchev–Trinajstić information content (AvgIpc) is 2.27. The fraction of sp³-hybridized carbons (Fsp3) is 0.417. The first-order valence-corrected chi connectivity index (χ1v) is 6.15. The summed E-state index contributed by atoms with van der Waals surface area (Å²) in [5.74, 6) is -0.159. The minimum Gasteiger partial charge on any atom is -0.322 e. The molecular weight excluding hydrogens is 259 g/mol. The molecule has 0 aliphatic rings. The molecule has 0 aliphatic carbocycles. The highest BCUT2D eigenvalue weighted by molar-refractivity contribution is 6.40. The number of benzene rings is 1. The van der Waals surface area contributed by atoms with Gasteiger partial charge < -0.3 is 10.6 Å². The smallest absolute Gasteiger partial charge is 0.238 e. The number of amides is 1. The van der Waals surface area contributed by atoms with Gasteiger partial charge in [0.05, 0.1) is 22.3 Å². The summed E-state index contributed by atoms with van der Waals surface area (Å²) in [4.78, 5) is 11.6. The van der Waals surface area contributed by atoms with Crippen molar-refractivity contribution in [2.45, 2.75) is 26.8 Å². The lowest BCUT2D eigenvalue weighted by molar-refractivity contribution is -0.115. The fourth-order valence-corrected chi connectivity index (χ4v) is 1.72. The molecule has 17 heavy (non-hydrogen) atoms. The van der Waals surface area contributed by atoms with E-state index in [1.165, 1.54) is 0 Å². The van der Waals surface area contributed by atoms with Crippen LogP contribution in [-0.2, 0) is 4.79 Å².